The van der Waals surface area contributed by atoms with Gasteiger partial charge in [0.25, 0.3) is 5.91 Å². The minimum Gasteiger partial charge on any atom is -0.469 e. The van der Waals surface area contributed by atoms with Gasteiger partial charge in [-0.05, 0) is 54.1 Å². The van der Waals surface area contributed by atoms with Crippen molar-refractivity contribution in [2.75, 3.05) is 7.11 Å². The Labute approximate surface area is 184 Å². The van der Waals surface area contributed by atoms with Gasteiger partial charge in [0, 0.05) is 5.56 Å². The van der Waals surface area contributed by atoms with Gasteiger partial charge in [-0.25, -0.2) is 17.5 Å². The topological polar surface area (TPSA) is 115 Å². The predicted octanol–water partition coefficient (Wildman–Crippen LogP) is 2.93. The summed E-state index contributed by atoms with van der Waals surface area (Å²) in [6.45, 7) is -0.00948. The Morgan fingerprint density at radius 1 is 1.06 bits per heavy atom. The number of sulfonamides is 1. The molecule has 0 aliphatic carbocycles. The molecule has 0 aliphatic rings. The first-order chi connectivity index (χ1) is 15.3. The molecule has 0 radical (unpaired) electrons. The summed E-state index contributed by atoms with van der Waals surface area (Å²) in [7, 11) is -2.58. The van der Waals surface area contributed by atoms with Gasteiger partial charge in [-0.2, -0.15) is 0 Å². The van der Waals surface area contributed by atoms with Crippen LogP contribution in [-0.4, -0.2) is 27.4 Å². The average molecular weight is 460 g/mol. The van der Waals surface area contributed by atoms with E-state index in [0.29, 0.717) is 11.3 Å². The van der Waals surface area contributed by atoms with Crippen LogP contribution in [0.2, 0.25) is 0 Å². The minimum atomic E-state index is -3.81. The molecule has 2 N–H and O–H groups in total. The van der Waals surface area contributed by atoms with Crippen molar-refractivity contribution in [3.05, 3.63) is 89.6 Å². The summed E-state index contributed by atoms with van der Waals surface area (Å²) in [5.74, 6) is -1.07. The van der Waals surface area contributed by atoms with E-state index < -0.39 is 33.8 Å². The molecule has 0 spiro atoms. The highest BCUT2D eigenvalue weighted by atomic mass is 32.2. The summed E-state index contributed by atoms with van der Waals surface area (Å²) in [4.78, 5) is 24.4. The summed E-state index contributed by atoms with van der Waals surface area (Å²) in [6.07, 6.45) is 1.29. The van der Waals surface area contributed by atoms with E-state index in [1.165, 1.54) is 61.9 Å². The molecule has 0 fully saturated rings. The number of benzene rings is 2. The van der Waals surface area contributed by atoms with Crippen molar-refractivity contribution in [1.29, 1.82) is 0 Å². The Bertz CT molecular complexity index is 1160. The number of methoxy groups -OCH3 is 1. The standard InChI is InChI=1S/C22H21FN2O6S/c1-30-21(26)13-20(15-4-8-17(23)9-5-15)25-22(27)16-6-10-19(11-7-16)32(28,29)24-14-18-3-2-12-31-18/h2-12,20,24H,13-14H2,1H3,(H,25,27). The van der Waals surface area contributed by atoms with Crippen LogP contribution < -0.4 is 10.0 Å². The lowest BCUT2D eigenvalue weighted by atomic mass is 10.0. The zero-order chi connectivity index (χ0) is 23.1. The molecule has 0 saturated carbocycles. The van der Waals surface area contributed by atoms with Gasteiger partial charge in [0.2, 0.25) is 10.0 Å². The number of furan rings is 1. The fourth-order valence-electron chi connectivity index (χ4n) is 2.89. The number of hydrogen-bond acceptors (Lipinski definition) is 6. The molecule has 8 nitrogen and oxygen atoms in total. The lowest BCUT2D eigenvalue weighted by Gasteiger charge is -2.18. The molecule has 1 heterocycles. The first-order valence-electron chi connectivity index (χ1n) is 9.54. The highest BCUT2D eigenvalue weighted by Crippen LogP contribution is 2.19. The SMILES string of the molecule is COC(=O)CC(NC(=O)c1ccc(S(=O)(=O)NCc2ccco2)cc1)c1ccc(F)cc1. The highest BCUT2D eigenvalue weighted by molar-refractivity contribution is 7.89. The first-order valence-corrected chi connectivity index (χ1v) is 11.0. The molecule has 0 saturated heterocycles. The van der Waals surface area contributed by atoms with Crippen molar-refractivity contribution < 1.29 is 31.6 Å². The maximum atomic E-state index is 13.2. The van der Waals surface area contributed by atoms with Crippen LogP contribution in [0.15, 0.2) is 76.2 Å². The molecule has 32 heavy (non-hydrogen) atoms. The summed E-state index contributed by atoms with van der Waals surface area (Å²) < 4.78 is 50.2. The second kappa shape index (κ2) is 10.2. The van der Waals surface area contributed by atoms with Crippen LogP contribution in [0.3, 0.4) is 0 Å². The monoisotopic (exact) mass is 460 g/mol. The van der Waals surface area contributed by atoms with Crippen molar-refractivity contribution in [1.82, 2.24) is 10.0 Å². The van der Waals surface area contributed by atoms with Gasteiger partial charge in [-0.1, -0.05) is 12.1 Å². The third-order valence-electron chi connectivity index (χ3n) is 4.62. The van der Waals surface area contributed by atoms with Gasteiger partial charge < -0.3 is 14.5 Å². The zero-order valence-corrected chi connectivity index (χ0v) is 17.9. The molecule has 1 unspecified atom stereocenters. The van der Waals surface area contributed by atoms with Crippen molar-refractivity contribution in [2.24, 2.45) is 0 Å². The van der Waals surface area contributed by atoms with Crippen molar-refractivity contribution in [3.63, 3.8) is 0 Å². The number of carbonyl (C=O) groups is 2. The fraction of sp³-hybridized carbons (Fsp3) is 0.182. The van der Waals surface area contributed by atoms with E-state index in [9.17, 15) is 22.4 Å². The summed E-state index contributed by atoms with van der Waals surface area (Å²) >= 11 is 0. The molecular weight excluding hydrogens is 439 g/mol. The number of amides is 1. The van der Waals surface area contributed by atoms with Crippen LogP contribution in [-0.2, 0) is 26.1 Å². The number of nitrogens with one attached hydrogen (secondary N) is 2. The van der Waals surface area contributed by atoms with Crippen LogP contribution in [0.5, 0.6) is 0 Å². The van der Waals surface area contributed by atoms with Crippen LogP contribution in [0, 0.1) is 5.82 Å². The first kappa shape index (κ1) is 23.2. The van der Waals surface area contributed by atoms with Crippen molar-refractivity contribution in [2.45, 2.75) is 23.9 Å². The lowest BCUT2D eigenvalue weighted by molar-refractivity contribution is -0.141. The smallest absolute Gasteiger partial charge is 0.307 e. The Balaban J connectivity index is 1.71. The van der Waals surface area contributed by atoms with E-state index in [2.05, 4.69) is 14.8 Å². The second-order valence-corrected chi connectivity index (χ2v) is 8.55. The van der Waals surface area contributed by atoms with E-state index in [-0.39, 0.29) is 23.4 Å². The molecule has 3 aromatic rings. The number of esters is 1. The van der Waals surface area contributed by atoms with Gasteiger partial charge >= 0.3 is 5.97 Å². The van der Waals surface area contributed by atoms with Crippen LogP contribution in [0.4, 0.5) is 4.39 Å². The van der Waals surface area contributed by atoms with E-state index in [0.717, 1.165) is 0 Å². The van der Waals surface area contributed by atoms with Crippen LogP contribution >= 0.6 is 0 Å². The van der Waals surface area contributed by atoms with Crippen LogP contribution in [0.25, 0.3) is 0 Å². The number of hydrogen-bond donors (Lipinski definition) is 2. The molecule has 1 atom stereocenters. The van der Waals surface area contributed by atoms with Gasteiger partial charge in [0.05, 0.1) is 37.3 Å². The Kier molecular flexibility index (Phi) is 7.39. The fourth-order valence-corrected chi connectivity index (χ4v) is 3.88. The second-order valence-electron chi connectivity index (χ2n) is 6.79. The summed E-state index contributed by atoms with van der Waals surface area (Å²) in [6, 6.07) is 13.2. The summed E-state index contributed by atoms with van der Waals surface area (Å²) in [5.41, 5.74) is 0.707. The lowest BCUT2D eigenvalue weighted by Crippen LogP contribution is -2.30. The Morgan fingerprint density at radius 2 is 1.75 bits per heavy atom. The Morgan fingerprint density at radius 3 is 2.34 bits per heavy atom. The van der Waals surface area contributed by atoms with Gasteiger partial charge in [0.15, 0.2) is 0 Å². The molecular formula is C22H21FN2O6S. The van der Waals surface area contributed by atoms with E-state index in [1.807, 2.05) is 0 Å². The Hall–Kier alpha value is -3.50. The molecule has 3 rings (SSSR count). The van der Waals surface area contributed by atoms with Crippen molar-refractivity contribution in [3.8, 4) is 0 Å². The normalized spacial score (nSPS) is 12.2. The van der Waals surface area contributed by atoms with Gasteiger partial charge in [-0.3, -0.25) is 9.59 Å². The molecule has 1 amide bonds. The number of halogens is 1. The zero-order valence-electron chi connectivity index (χ0n) is 17.1. The van der Waals surface area contributed by atoms with E-state index in [4.69, 9.17) is 4.42 Å². The highest BCUT2D eigenvalue weighted by Gasteiger charge is 2.21. The third-order valence-corrected chi connectivity index (χ3v) is 6.04. The largest absolute Gasteiger partial charge is 0.469 e. The quantitative estimate of drug-likeness (QED) is 0.475. The average Bonchev–Trinajstić information content (AvgIpc) is 3.31. The number of carbonyl (C=O) groups excluding carboxylic acids is 2. The van der Waals surface area contributed by atoms with E-state index >= 15 is 0 Å². The maximum absolute atomic E-state index is 13.2. The van der Waals surface area contributed by atoms with Gasteiger partial charge in [-0.15, -0.1) is 0 Å². The molecule has 10 heteroatoms. The number of ether oxygens (including phenoxy) is 1. The molecule has 0 bridgehead atoms. The summed E-state index contributed by atoms with van der Waals surface area (Å²) in [5, 5.41) is 2.70. The maximum Gasteiger partial charge on any atom is 0.307 e. The minimum absolute atomic E-state index is 0.00948. The third kappa shape index (κ3) is 6.02. The molecule has 2 aromatic carbocycles. The molecule has 0 aliphatic heterocycles. The van der Waals surface area contributed by atoms with E-state index in [1.54, 1.807) is 12.1 Å². The van der Waals surface area contributed by atoms with Crippen LogP contribution in [0.1, 0.15) is 34.1 Å². The van der Waals surface area contributed by atoms with Crippen molar-refractivity contribution >= 4 is 21.9 Å². The molecule has 168 valence electrons. The predicted molar refractivity (Wildman–Crippen MR) is 112 cm³/mol. The number of rotatable bonds is 9. The molecule has 1 aromatic heterocycles. The van der Waals surface area contributed by atoms with Gasteiger partial charge in [0.1, 0.15) is 11.6 Å².